The van der Waals surface area contributed by atoms with E-state index in [1.54, 1.807) is 30.3 Å². The second-order valence-corrected chi connectivity index (χ2v) is 4.18. The number of rotatable bonds is 3. The van der Waals surface area contributed by atoms with E-state index in [2.05, 4.69) is 4.74 Å². The van der Waals surface area contributed by atoms with Crippen molar-refractivity contribution in [3.05, 3.63) is 48.0 Å². The zero-order valence-corrected chi connectivity index (χ0v) is 10.4. The van der Waals surface area contributed by atoms with Crippen LogP contribution in [0.1, 0.15) is 12.0 Å². The largest absolute Gasteiger partial charge is 0.469 e. The Kier molecular flexibility index (Phi) is 3.78. The summed E-state index contributed by atoms with van der Waals surface area (Å²) in [6.07, 6.45) is 0.945. The van der Waals surface area contributed by atoms with Crippen molar-refractivity contribution >= 4 is 11.8 Å². The predicted octanol–water partition coefficient (Wildman–Crippen LogP) is 0.919. The zero-order chi connectivity index (χ0) is 13.9. The lowest BCUT2D eigenvalue weighted by Crippen LogP contribution is -2.45. The highest BCUT2D eigenvalue weighted by molar-refractivity contribution is 6.00. The van der Waals surface area contributed by atoms with Gasteiger partial charge in [0.05, 0.1) is 13.5 Å². The van der Waals surface area contributed by atoms with E-state index in [1.165, 1.54) is 19.3 Å². The van der Waals surface area contributed by atoms with Crippen molar-refractivity contribution in [1.82, 2.24) is 0 Å². The number of hydrogen-bond donors (Lipinski definition) is 1. The summed E-state index contributed by atoms with van der Waals surface area (Å²) in [5, 5.41) is 9.60. The fraction of sp³-hybridized carbons (Fsp3) is 0.286. The van der Waals surface area contributed by atoms with Crippen LogP contribution in [0.15, 0.2) is 42.5 Å². The van der Waals surface area contributed by atoms with Crippen LogP contribution < -0.4 is 0 Å². The van der Waals surface area contributed by atoms with Crippen molar-refractivity contribution in [3.63, 3.8) is 0 Å². The molecule has 0 spiro atoms. The molecule has 100 valence electrons. The highest BCUT2D eigenvalue weighted by atomic mass is 16.6. The summed E-state index contributed by atoms with van der Waals surface area (Å²) in [5.41, 5.74) is -1.02. The van der Waals surface area contributed by atoms with Gasteiger partial charge in [-0.3, -0.25) is 9.59 Å². The van der Waals surface area contributed by atoms with Gasteiger partial charge in [0.2, 0.25) is 0 Å². The molecule has 1 aliphatic heterocycles. The van der Waals surface area contributed by atoms with Crippen molar-refractivity contribution in [2.45, 2.75) is 18.3 Å². The third kappa shape index (κ3) is 2.57. The molecule has 0 aromatic heterocycles. The molecule has 5 nitrogen and oxygen atoms in total. The standard InChI is InChI=1S/C14H14O5/c1-18-13(17)9-14(10-5-3-2-4-6-10)11(15)7-8-12(16)19-14/h2-8,12,16H,9H2,1H3. The minimum Gasteiger partial charge on any atom is -0.469 e. The number of carbonyl (C=O) groups excluding carboxylic acids is 2. The maximum atomic E-state index is 12.2. The number of aliphatic hydroxyl groups excluding tert-OH is 1. The van der Waals surface area contributed by atoms with Crippen molar-refractivity contribution in [1.29, 1.82) is 0 Å². The molecule has 19 heavy (non-hydrogen) atoms. The Hall–Kier alpha value is -1.98. The average Bonchev–Trinajstić information content (AvgIpc) is 2.43. The SMILES string of the molecule is COC(=O)CC1(c2ccccc2)OC(O)C=CC1=O. The Balaban J connectivity index is 2.47. The van der Waals surface area contributed by atoms with E-state index < -0.39 is 23.6 Å². The summed E-state index contributed by atoms with van der Waals surface area (Å²) in [5.74, 6) is -0.978. The van der Waals surface area contributed by atoms with Crippen LogP contribution in [0.25, 0.3) is 0 Å². The molecular weight excluding hydrogens is 248 g/mol. The van der Waals surface area contributed by atoms with Gasteiger partial charge in [0.1, 0.15) is 0 Å². The minimum absolute atomic E-state index is 0.284. The normalized spacial score (nSPS) is 26.2. The highest BCUT2D eigenvalue weighted by Crippen LogP contribution is 2.35. The molecule has 2 unspecified atom stereocenters. The first-order chi connectivity index (χ1) is 9.08. The molecule has 1 heterocycles. The first-order valence-corrected chi connectivity index (χ1v) is 5.79. The Bertz CT molecular complexity index is 508. The van der Waals surface area contributed by atoms with E-state index in [1.807, 2.05) is 0 Å². The number of benzene rings is 1. The van der Waals surface area contributed by atoms with E-state index in [0.717, 1.165) is 0 Å². The number of carbonyl (C=O) groups is 2. The Labute approximate surface area is 110 Å². The second-order valence-electron chi connectivity index (χ2n) is 4.18. The van der Waals surface area contributed by atoms with Crippen LogP contribution >= 0.6 is 0 Å². The van der Waals surface area contributed by atoms with Crippen LogP contribution in [0.5, 0.6) is 0 Å². The lowest BCUT2D eigenvalue weighted by molar-refractivity contribution is -0.190. The third-order valence-electron chi connectivity index (χ3n) is 2.99. The summed E-state index contributed by atoms with van der Waals surface area (Å²) < 4.78 is 9.97. The Morgan fingerprint density at radius 2 is 2.11 bits per heavy atom. The van der Waals surface area contributed by atoms with Crippen LogP contribution in [0.4, 0.5) is 0 Å². The molecule has 1 aliphatic rings. The van der Waals surface area contributed by atoms with E-state index >= 15 is 0 Å². The molecule has 0 amide bonds. The quantitative estimate of drug-likeness (QED) is 0.820. The van der Waals surface area contributed by atoms with E-state index in [0.29, 0.717) is 5.56 Å². The van der Waals surface area contributed by atoms with Crippen molar-refractivity contribution in [2.75, 3.05) is 7.11 Å². The lowest BCUT2D eigenvalue weighted by atomic mass is 9.84. The molecule has 0 fully saturated rings. The van der Waals surface area contributed by atoms with Crippen molar-refractivity contribution < 1.29 is 24.2 Å². The fourth-order valence-electron chi connectivity index (χ4n) is 2.03. The molecule has 1 aromatic rings. The zero-order valence-electron chi connectivity index (χ0n) is 10.4. The van der Waals surface area contributed by atoms with Crippen LogP contribution in [-0.4, -0.2) is 30.3 Å². The van der Waals surface area contributed by atoms with Crippen molar-refractivity contribution in [2.24, 2.45) is 0 Å². The second kappa shape index (κ2) is 5.34. The first kappa shape index (κ1) is 13.5. The fourth-order valence-corrected chi connectivity index (χ4v) is 2.03. The average molecular weight is 262 g/mol. The van der Waals surface area contributed by atoms with Crippen LogP contribution in [0.2, 0.25) is 0 Å². The maximum absolute atomic E-state index is 12.2. The Morgan fingerprint density at radius 1 is 1.42 bits per heavy atom. The van der Waals surface area contributed by atoms with E-state index in [9.17, 15) is 14.7 Å². The van der Waals surface area contributed by atoms with Crippen LogP contribution in [0, 0.1) is 0 Å². The van der Waals surface area contributed by atoms with Crippen LogP contribution in [-0.2, 0) is 24.7 Å². The van der Waals surface area contributed by atoms with Crippen LogP contribution in [0.3, 0.4) is 0 Å². The topological polar surface area (TPSA) is 72.8 Å². The lowest BCUT2D eigenvalue weighted by Gasteiger charge is -2.34. The monoisotopic (exact) mass is 262 g/mol. The number of esters is 1. The number of aliphatic hydroxyl groups is 1. The summed E-state index contributed by atoms with van der Waals surface area (Å²) in [7, 11) is 1.24. The smallest absolute Gasteiger partial charge is 0.309 e. The molecular formula is C14H14O5. The number of ketones is 1. The molecule has 0 aliphatic carbocycles. The number of methoxy groups -OCH3 is 1. The van der Waals surface area contributed by atoms with Gasteiger partial charge in [-0.2, -0.15) is 0 Å². The van der Waals surface area contributed by atoms with E-state index in [4.69, 9.17) is 4.74 Å². The van der Waals surface area contributed by atoms with Gasteiger partial charge in [-0.25, -0.2) is 0 Å². The molecule has 0 saturated heterocycles. The van der Waals surface area contributed by atoms with Gasteiger partial charge in [-0.15, -0.1) is 0 Å². The Morgan fingerprint density at radius 3 is 2.74 bits per heavy atom. The van der Waals surface area contributed by atoms with Gasteiger partial charge in [-0.1, -0.05) is 30.3 Å². The summed E-state index contributed by atoms with van der Waals surface area (Å²) >= 11 is 0. The molecule has 0 bridgehead atoms. The van der Waals surface area contributed by atoms with Crippen molar-refractivity contribution in [3.8, 4) is 0 Å². The van der Waals surface area contributed by atoms with E-state index in [-0.39, 0.29) is 6.42 Å². The van der Waals surface area contributed by atoms with Gasteiger partial charge < -0.3 is 14.6 Å². The van der Waals surface area contributed by atoms with Gasteiger partial charge in [0.25, 0.3) is 0 Å². The highest BCUT2D eigenvalue weighted by Gasteiger charge is 2.45. The van der Waals surface area contributed by atoms with Gasteiger partial charge in [-0.05, 0) is 17.7 Å². The molecule has 1 aromatic carbocycles. The summed E-state index contributed by atoms with van der Waals surface area (Å²) in [6.45, 7) is 0. The van der Waals surface area contributed by atoms with Gasteiger partial charge >= 0.3 is 5.97 Å². The van der Waals surface area contributed by atoms with Gasteiger partial charge in [0, 0.05) is 0 Å². The predicted molar refractivity (Wildman–Crippen MR) is 66.0 cm³/mol. The molecule has 2 rings (SSSR count). The molecule has 0 radical (unpaired) electrons. The molecule has 1 N–H and O–H groups in total. The molecule has 0 saturated carbocycles. The minimum atomic E-state index is -1.53. The molecule has 2 atom stereocenters. The molecule has 5 heteroatoms. The summed E-state index contributed by atoms with van der Waals surface area (Å²) in [4.78, 5) is 23.7. The summed E-state index contributed by atoms with van der Waals surface area (Å²) in [6, 6.07) is 8.60. The van der Waals surface area contributed by atoms with Gasteiger partial charge in [0.15, 0.2) is 17.7 Å². The first-order valence-electron chi connectivity index (χ1n) is 5.79. The maximum Gasteiger partial charge on any atom is 0.309 e. The number of hydrogen-bond acceptors (Lipinski definition) is 5. The third-order valence-corrected chi connectivity index (χ3v) is 2.99. The number of ether oxygens (including phenoxy) is 2.